The van der Waals surface area contributed by atoms with E-state index in [4.69, 9.17) is 5.73 Å². The van der Waals surface area contributed by atoms with Gasteiger partial charge < -0.3 is 5.73 Å². The SMILES string of the molecule is NC(=O)SC1CCN(C2CCCc3sccc32)CC1. The maximum Gasteiger partial charge on any atom is 0.276 e. The number of amides is 1. The minimum Gasteiger partial charge on any atom is -0.361 e. The van der Waals surface area contributed by atoms with Crippen LogP contribution in [0.5, 0.6) is 0 Å². The zero-order valence-electron chi connectivity index (χ0n) is 11.0. The molecule has 19 heavy (non-hydrogen) atoms. The lowest BCUT2D eigenvalue weighted by Gasteiger charge is -2.39. The molecule has 1 unspecified atom stereocenters. The Labute approximate surface area is 122 Å². The van der Waals surface area contributed by atoms with E-state index in [0.29, 0.717) is 11.3 Å². The highest BCUT2D eigenvalue weighted by molar-refractivity contribution is 8.14. The largest absolute Gasteiger partial charge is 0.361 e. The maximum absolute atomic E-state index is 11.0. The Kier molecular flexibility index (Phi) is 4.15. The topological polar surface area (TPSA) is 46.3 Å². The Hall–Kier alpha value is -0.520. The summed E-state index contributed by atoms with van der Waals surface area (Å²) in [4.78, 5) is 15.2. The molecule has 0 spiro atoms. The van der Waals surface area contributed by atoms with E-state index in [1.54, 1.807) is 10.4 Å². The highest BCUT2D eigenvalue weighted by atomic mass is 32.2. The second kappa shape index (κ2) is 5.85. The fourth-order valence-electron chi connectivity index (χ4n) is 3.31. The van der Waals surface area contributed by atoms with Crippen molar-refractivity contribution < 1.29 is 4.79 Å². The van der Waals surface area contributed by atoms with Gasteiger partial charge in [-0.3, -0.25) is 9.69 Å². The summed E-state index contributed by atoms with van der Waals surface area (Å²) < 4.78 is 0. The number of likely N-dealkylation sites (tertiary alicyclic amines) is 1. The molecule has 1 fully saturated rings. The van der Waals surface area contributed by atoms with Crippen molar-refractivity contribution in [3.05, 3.63) is 21.9 Å². The fraction of sp³-hybridized carbons (Fsp3) is 0.643. The molecule has 1 aromatic rings. The minimum absolute atomic E-state index is 0.226. The van der Waals surface area contributed by atoms with E-state index in [2.05, 4.69) is 16.3 Å². The molecular formula is C14H20N2OS2. The number of piperidine rings is 1. The Morgan fingerprint density at radius 1 is 1.37 bits per heavy atom. The third-order valence-electron chi connectivity index (χ3n) is 4.22. The van der Waals surface area contributed by atoms with Crippen molar-refractivity contribution in [2.45, 2.75) is 43.4 Å². The lowest BCUT2D eigenvalue weighted by Crippen LogP contribution is -2.39. The monoisotopic (exact) mass is 296 g/mol. The number of aryl methyl sites for hydroxylation is 1. The summed E-state index contributed by atoms with van der Waals surface area (Å²) in [5.74, 6) is 0. The average molecular weight is 296 g/mol. The zero-order valence-corrected chi connectivity index (χ0v) is 12.6. The van der Waals surface area contributed by atoms with Crippen molar-refractivity contribution in [1.82, 2.24) is 4.90 Å². The Balaban J connectivity index is 1.62. The first-order valence-corrected chi connectivity index (χ1v) is 8.76. The summed E-state index contributed by atoms with van der Waals surface area (Å²) in [5, 5.41) is 2.44. The lowest BCUT2D eigenvalue weighted by molar-refractivity contribution is 0.152. The summed E-state index contributed by atoms with van der Waals surface area (Å²) in [6.07, 6.45) is 6.04. The van der Waals surface area contributed by atoms with Gasteiger partial charge in [0.25, 0.3) is 5.24 Å². The second-order valence-electron chi connectivity index (χ2n) is 5.38. The van der Waals surface area contributed by atoms with Crippen molar-refractivity contribution in [3.8, 4) is 0 Å². The van der Waals surface area contributed by atoms with E-state index in [9.17, 15) is 4.79 Å². The van der Waals surface area contributed by atoms with Gasteiger partial charge in [-0.05, 0) is 62.2 Å². The highest BCUT2D eigenvalue weighted by Gasteiger charge is 2.30. The molecule has 0 saturated carbocycles. The normalized spacial score (nSPS) is 25.2. The molecule has 0 aromatic carbocycles. The average Bonchev–Trinajstić information content (AvgIpc) is 2.87. The smallest absolute Gasteiger partial charge is 0.276 e. The van der Waals surface area contributed by atoms with Crippen LogP contribution in [-0.2, 0) is 6.42 Å². The van der Waals surface area contributed by atoms with Gasteiger partial charge >= 0.3 is 0 Å². The number of fused-ring (bicyclic) bond motifs is 1. The number of carbonyl (C=O) groups is 1. The van der Waals surface area contributed by atoms with E-state index < -0.39 is 0 Å². The van der Waals surface area contributed by atoms with Gasteiger partial charge in [0.2, 0.25) is 0 Å². The Morgan fingerprint density at radius 3 is 2.89 bits per heavy atom. The number of rotatable bonds is 2. The molecule has 0 bridgehead atoms. The van der Waals surface area contributed by atoms with E-state index in [0.717, 1.165) is 25.9 Å². The van der Waals surface area contributed by atoms with Crippen LogP contribution < -0.4 is 5.73 Å². The number of primary amides is 1. The quantitative estimate of drug-likeness (QED) is 0.910. The number of thiophene rings is 1. The van der Waals surface area contributed by atoms with Crippen molar-refractivity contribution in [1.29, 1.82) is 0 Å². The van der Waals surface area contributed by atoms with Crippen LogP contribution in [-0.4, -0.2) is 28.5 Å². The van der Waals surface area contributed by atoms with E-state index in [1.807, 2.05) is 11.3 Å². The number of nitrogens with zero attached hydrogens (tertiary/aromatic N) is 1. The predicted molar refractivity (Wildman–Crippen MR) is 81.8 cm³/mol. The van der Waals surface area contributed by atoms with Crippen molar-refractivity contribution in [2.75, 3.05) is 13.1 Å². The van der Waals surface area contributed by atoms with Gasteiger partial charge in [-0.15, -0.1) is 11.3 Å². The van der Waals surface area contributed by atoms with Gasteiger partial charge in [0, 0.05) is 16.2 Å². The molecule has 5 heteroatoms. The van der Waals surface area contributed by atoms with Crippen LogP contribution in [0.3, 0.4) is 0 Å². The van der Waals surface area contributed by atoms with Gasteiger partial charge in [-0.2, -0.15) is 0 Å². The van der Waals surface area contributed by atoms with Crippen LogP contribution in [0, 0.1) is 0 Å². The van der Waals surface area contributed by atoms with Gasteiger partial charge in [0.1, 0.15) is 0 Å². The third kappa shape index (κ3) is 2.98. The molecule has 2 heterocycles. The van der Waals surface area contributed by atoms with Gasteiger partial charge in [0.15, 0.2) is 0 Å². The molecule has 1 amide bonds. The van der Waals surface area contributed by atoms with Gasteiger partial charge in [0.05, 0.1) is 0 Å². The number of carbonyl (C=O) groups excluding carboxylic acids is 1. The van der Waals surface area contributed by atoms with Crippen LogP contribution in [0.1, 0.15) is 42.2 Å². The molecule has 0 radical (unpaired) electrons. The summed E-state index contributed by atoms with van der Waals surface area (Å²) in [6, 6.07) is 2.93. The summed E-state index contributed by atoms with van der Waals surface area (Å²) >= 11 is 3.24. The molecule has 1 aliphatic carbocycles. The Morgan fingerprint density at radius 2 is 2.16 bits per heavy atom. The van der Waals surface area contributed by atoms with Crippen molar-refractivity contribution in [3.63, 3.8) is 0 Å². The van der Waals surface area contributed by atoms with Crippen molar-refractivity contribution in [2.24, 2.45) is 5.73 Å². The third-order valence-corrected chi connectivity index (χ3v) is 6.25. The maximum atomic E-state index is 11.0. The molecule has 3 rings (SSSR count). The van der Waals surface area contributed by atoms with Crippen LogP contribution in [0.15, 0.2) is 11.4 Å². The van der Waals surface area contributed by atoms with E-state index in [1.165, 1.54) is 31.0 Å². The molecule has 1 aliphatic heterocycles. The van der Waals surface area contributed by atoms with Gasteiger partial charge in [-0.25, -0.2) is 0 Å². The molecule has 1 saturated heterocycles. The highest BCUT2D eigenvalue weighted by Crippen LogP contribution is 2.39. The molecule has 2 N–H and O–H groups in total. The van der Waals surface area contributed by atoms with Crippen LogP contribution in [0.2, 0.25) is 0 Å². The number of hydrogen-bond donors (Lipinski definition) is 1. The first-order chi connectivity index (χ1) is 9.24. The molecule has 3 nitrogen and oxygen atoms in total. The van der Waals surface area contributed by atoms with E-state index >= 15 is 0 Å². The Bertz CT molecular complexity index is 452. The standard InChI is InChI=1S/C14H20N2OS2/c15-14(17)19-10-4-7-16(8-5-10)12-2-1-3-13-11(12)6-9-18-13/h6,9-10,12H,1-5,7-8H2,(H2,15,17). The summed E-state index contributed by atoms with van der Waals surface area (Å²) in [5.41, 5.74) is 6.83. The second-order valence-corrected chi connectivity index (χ2v) is 7.68. The number of hydrogen-bond acceptors (Lipinski definition) is 4. The molecule has 1 aromatic heterocycles. The number of nitrogens with two attached hydrogens (primary N) is 1. The van der Waals surface area contributed by atoms with Crippen molar-refractivity contribution >= 4 is 28.3 Å². The van der Waals surface area contributed by atoms with Gasteiger partial charge in [-0.1, -0.05) is 11.8 Å². The summed E-state index contributed by atoms with van der Waals surface area (Å²) in [6.45, 7) is 2.20. The number of thioether (sulfide) groups is 1. The molecule has 2 aliphatic rings. The summed E-state index contributed by atoms with van der Waals surface area (Å²) in [7, 11) is 0. The molecule has 104 valence electrons. The molecule has 1 atom stereocenters. The minimum atomic E-state index is -0.226. The van der Waals surface area contributed by atoms with Crippen LogP contribution >= 0.6 is 23.1 Å². The first kappa shape index (κ1) is 13.5. The molecular weight excluding hydrogens is 276 g/mol. The van der Waals surface area contributed by atoms with E-state index in [-0.39, 0.29) is 5.24 Å². The predicted octanol–water partition coefficient (Wildman–Crippen LogP) is 3.40. The fourth-order valence-corrected chi connectivity index (χ4v) is 5.07. The van der Waals surface area contributed by atoms with Crippen LogP contribution in [0.25, 0.3) is 0 Å². The van der Waals surface area contributed by atoms with Crippen LogP contribution in [0.4, 0.5) is 4.79 Å². The zero-order chi connectivity index (χ0) is 13.2. The first-order valence-electron chi connectivity index (χ1n) is 7.00. The lowest BCUT2D eigenvalue weighted by atomic mass is 9.91.